The van der Waals surface area contributed by atoms with Crippen molar-refractivity contribution in [2.75, 3.05) is 11.4 Å². The minimum Gasteiger partial charge on any atom is -0.311 e. The molecule has 2 rings (SSSR count). The van der Waals surface area contributed by atoms with Crippen LogP contribution in [-0.2, 0) is 4.79 Å². The number of hydrogen-bond acceptors (Lipinski definition) is 1. The molecule has 4 heteroatoms. The van der Waals surface area contributed by atoms with Crippen molar-refractivity contribution in [1.29, 1.82) is 0 Å². The minimum atomic E-state index is 0.0834. The maximum Gasteiger partial charge on any atom is 0.229 e. The van der Waals surface area contributed by atoms with Gasteiger partial charge in [0.05, 0.1) is 10.7 Å². The molecular weight excluding hydrogens is 233 g/mol. The van der Waals surface area contributed by atoms with Crippen LogP contribution in [0.4, 0.5) is 5.69 Å². The summed E-state index contributed by atoms with van der Waals surface area (Å²) >= 11 is 11.9. The van der Waals surface area contributed by atoms with Crippen molar-refractivity contribution in [3.63, 3.8) is 0 Å². The van der Waals surface area contributed by atoms with Gasteiger partial charge in [-0.05, 0) is 24.6 Å². The number of amides is 1. The van der Waals surface area contributed by atoms with Crippen LogP contribution in [0.25, 0.3) is 0 Å². The molecule has 1 fully saturated rings. The molecular formula is C11H11Cl2NO. The van der Waals surface area contributed by atoms with E-state index in [0.717, 1.165) is 18.7 Å². The Morgan fingerprint density at radius 1 is 1.40 bits per heavy atom. The lowest BCUT2D eigenvalue weighted by molar-refractivity contribution is -0.119. The van der Waals surface area contributed by atoms with E-state index in [4.69, 9.17) is 23.2 Å². The molecule has 0 N–H and O–H groups in total. The van der Waals surface area contributed by atoms with E-state index in [1.165, 1.54) is 0 Å². The van der Waals surface area contributed by atoms with Gasteiger partial charge in [-0.25, -0.2) is 0 Å². The molecule has 0 spiro atoms. The molecule has 15 heavy (non-hydrogen) atoms. The van der Waals surface area contributed by atoms with E-state index in [0.29, 0.717) is 10.0 Å². The fraction of sp³-hybridized carbons (Fsp3) is 0.364. The summed E-state index contributed by atoms with van der Waals surface area (Å²) in [5.74, 6) is 0.208. The lowest BCUT2D eigenvalue weighted by atomic mass is 10.1. The number of rotatable bonds is 1. The molecule has 1 aromatic rings. The van der Waals surface area contributed by atoms with Crippen LogP contribution in [0.3, 0.4) is 0 Å². The van der Waals surface area contributed by atoms with Gasteiger partial charge in [-0.1, -0.05) is 30.1 Å². The van der Waals surface area contributed by atoms with Crippen LogP contribution in [0.15, 0.2) is 18.2 Å². The first-order valence-corrected chi connectivity index (χ1v) is 5.61. The van der Waals surface area contributed by atoms with Crippen molar-refractivity contribution in [2.24, 2.45) is 5.92 Å². The Hall–Kier alpha value is -0.730. The highest BCUT2D eigenvalue weighted by molar-refractivity contribution is 6.35. The second kappa shape index (κ2) is 4.03. The molecule has 1 unspecified atom stereocenters. The van der Waals surface area contributed by atoms with E-state index >= 15 is 0 Å². The third kappa shape index (κ3) is 1.97. The smallest absolute Gasteiger partial charge is 0.229 e. The molecule has 1 amide bonds. The average Bonchev–Trinajstić information content (AvgIpc) is 2.52. The summed E-state index contributed by atoms with van der Waals surface area (Å²) in [6.07, 6.45) is 0.877. The molecule has 80 valence electrons. The topological polar surface area (TPSA) is 20.3 Å². The molecule has 1 atom stereocenters. The van der Waals surface area contributed by atoms with Gasteiger partial charge < -0.3 is 4.90 Å². The molecule has 0 aromatic heterocycles. The van der Waals surface area contributed by atoms with Crippen LogP contribution >= 0.6 is 23.2 Å². The van der Waals surface area contributed by atoms with E-state index in [1.54, 1.807) is 23.1 Å². The molecule has 1 aliphatic rings. The number of nitrogens with zero attached hydrogens (tertiary/aromatic N) is 1. The van der Waals surface area contributed by atoms with E-state index in [-0.39, 0.29) is 11.8 Å². The number of carbonyl (C=O) groups excluding carboxylic acids is 1. The van der Waals surface area contributed by atoms with Crippen LogP contribution in [0.5, 0.6) is 0 Å². The normalized spacial score (nSPS) is 21.1. The summed E-state index contributed by atoms with van der Waals surface area (Å²) < 4.78 is 0. The van der Waals surface area contributed by atoms with Crippen LogP contribution in [0.2, 0.25) is 10.0 Å². The zero-order valence-corrected chi connectivity index (χ0v) is 9.85. The average molecular weight is 244 g/mol. The van der Waals surface area contributed by atoms with E-state index in [2.05, 4.69) is 0 Å². The largest absolute Gasteiger partial charge is 0.311 e. The number of carbonyl (C=O) groups is 1. The predicted molar refractivity (Wildman–Crippen MR) is 62.6 cm³/mol. The van der Waals surface area contributed by atoms with Crippen molar-refractivity contribution in [3.05, 3.63) is 28.2 Å². The van der Waals surface area contributed by atoms with E-state index < -0.39 is 0 Å². The third-order valence-electron chi connectivity index (χ3n) is 2.67. The lowest BCUT2D eigenvalue weighted by Gasteiger charge is -2.17. The minimum absolute atomic E-state index is 0.0834. The molecule has 0 aliphatic carbocycles. The van der Waals surface area contributed by atoms with Gasteiger partial charge in [0.1, 0.15) is 0 Å². The first-order valence-electron chi connectivity index (χ1n) is 4.86. The zero-order valence-electron chi connectivity index (χ0n) is 8.34. The predicted octanol–water partition coefficient (Wildman–Crippen LogP) is 3.37. The van der Waals surface area contributed by atoms with Gasteiger partial charge in [-0.3, -0.25) is 4.79 Å². The molecule has 1 saturated heterocycles. The van der Waals surface area contributed by atoms with Gasteiger partial charge in [0.15, 0.2) is 0 Å². The summed E-state index contributed by atoms with van der Waals surface area (Å²) in [6, 6.07) is 5.17. The molecule has 2 nitrogen and oxygen atoms in total. The Morgan fingerprint density at radius 3 is 2.73 bits per heavy atom. The fourth-order valence-electron chi connectivity index (χ4n) is 1.75. The Labute approximate surface area is 98.8 Å². The Morgan fingerprint density at radius 2 is 2.13 bits per heavy atom. The van der Waals surface area contributed by atoms with Gasteiger partial charge in [-0.2, -0.15) is 0 Å². The Balaban J connectivity index is 2.37. The lowest BCUT2D eigenvalue weighted by Crippen LogP contribution is -2.26. The van der Waals surface area contributed by atoms with E-state index in [1.807, 2.05) is 6.92 Å². The first kappa shape index (κ1) is 10.8. The summed E-state index contributed by atoms with van der Waals surface area (Å²) in [5.41, 5.74) is 0.721. The SMILES string of the molecule is CC1CCN(c2cc(Cl)ccc2Cl)C1=O. The van der Waals surface area contributed by atoms with Crippen molar-refractivity contribution in [3.8, 4) is 0 Å². The summed E-state index contributed by atoms with van der Waals surface area (Å²) in [5, 5.41) is 1.17. The maximum atomic E-state index is 11.8. The van der Waals surface area contributed by atoms with Crippen LogP contribution in [-0.4, -0.2) is 12.5 Å². The Bertz CT molecular complexity index is 406. The van der Waals surface area contributed by atoms with Crippen molar-refractivity contribution >= 4 is 34.8 Å². The highest BCUT2D eigenvalue weighted by Gasteiger charge is 2.30. The van der Waals surface area contributed by atoms with Gasteiger partial charge >= 0.3 is 0 Å². The molecule has 1 heterocycles. The van der Waals surface area contributed by atoms with Crippen molar-refractivity contribution in [2.45, 2.75) is 13.3 Å². The summed E-state index contributed by atoms with van der Waals surface area (Å²) in [4.78, 5) is 13.5. The van der Waals surface area contributed by atoms with Gasteiger partial charge in [0, 0.05) is 17.5 Å². The fourth-order valence-corrected chi connectivity index (χ4v) is 2.14. The second-order valence-corrected chi connectivity index (χ2v) is 4.62. The van der Waals surface area contributed by atoms with Gasteiger partial charge in [0.25, 0.3) is 0 Å². The second-order valence-electron chi connectivity index (χ2n) is 3.78. The number of hydrogen-bond donors (Lipinski definition) is 0. The Kier molecular flexibility index (Phi) is 2.89. The molecule has 0 bridgehead atoms. The highest BCUT2D eigenvalue weighted by atomic mass is 35.5. The maximum absolute atomic E-state index is 11.8. The summed E-state index contributed by atoms with van der Waals surface area (Å²) in [7, 11) is 0. The molecule has 0 radical (unpaired) electrons. The number of halogens is 2. The molecule has 1 aromatic carbocycles. The van der Waals surface area contributed by atoms with Gasteiger partial charge in [-0.15, -0.1) is 0 Å². The standard InChI is InChI=1S/C11H11Cl2NO/c1-7-4-5-14(11(7)15)10-6-8(12)2-3-9(10)13/h2-3,6-7H,4-5H2,1H3. The van der Waals surface area contributed by atoms with Crippen LogP contribution < -0.4 is 4.90 Å². The van der Waals surface area contributed by atoms with Crippen molar-refractivity contribution < 1.29 is 4.79 Å². The molecule has 1 aliphatic heterocycles. The van der Waals surface area contributed by atoms with E-state index in [9.17, 15) is 4.79 Å². The zero-order chi connectivity index (χ0) is 11.0. The highest BCUT2D eigenvalue weighted by Crippen LogP contribution is 2.33. The monoisotopic (exact) mass is 243 g/mol. The van der Waals surface area contributed by atoms with Gasteiger partial charge in [0.2, 0.25) is 5.91 Å². The molecule has 0 saturated carbocycles. The third-order valence-corrected chi connectivity index (χ3v) is 3.23. The van der Waals surface area contributed by atoms with Crippen LogP contribution in [0, 0.1) is 5.92 Å². The van der Waals surface area contributed by atoms with Crippen molar-refractivity contribution in [1.82, 2.24) is 0 Å². The quantitative estimate of drug-likeness (QED) is 0.741. The first-order chi connectivity index (χ1) is 7.09. The van der Waals surface area contributed by atoms with Crippen LogP contribution in [0.1, 0.15) is 13.3 Å². The number of anilines is 1. The summed E-state index contributed by atoms with van der Waals surface area (Å²) in [6.45, 7) is 2.65. The number of benzene rings is 1.